The average Bonchev–Trinajstić information content (AvgIpc) is 2.27. The van der Waals surface area contributed by atoms with E-state index in [1.807, 2.05) is 32.0 Å². The summed E-state index contributed by atoms with van der Waals surface area (Å²) in [6.45, 7) is 6.10. The quantitative estimate of drug-likeness (QED) is 0.814. The number of ether oxygens (including phenoxy) is 1. The second-order valence-corrected chi connectivity index (χ2v) is 5.21. The van der Waals surface area contributed by atoms with Crippen molar-refractivity contribution in [1.82, 2.24) is 0 Å². The number of carbonyl (C=O) groups excluding carboxylic acids is 2. The van der Waals surface area contributed by atoms with Gasteiger partial charge in [0.1, 0.15) is 0 Å². The molecule has 19 heavy (non-hydrogen) atoms. The maximum atomic E-state index is 11.7. The summed E-state index contributed by atoms with van der Waals surface area (Å²) in [7, 11) is 0. The van der Waals surface area contributed by atoms with E-state index in [-0.39, 0.29) is 23.4 Å². The summed E-state index contributed by atoms with van der Waals surface area (Å²) in [5.41, 5.74) is 3.00. The molecule has 0 atom stereocenters. The molecule has 0 aliphatic heterocycles. The van der Waals surface area contributed by atoms with Crippen molar-refractivity contribution in [2.75, 3.05) is 23.4 Å². The van der Waals surface area contributed by atoms with Crippen molar-refractivity contribution in [3.63, 3.8) is 0 Å². The minimum atomic E-state index is -0.285. The van der Waals surface area contributed by atoms with E-state index in [1.54, 1.807) is 6.92 Å². The average molecular weight is 281 g/mol. The van der Waals surface area contributed by atoms with Crippen LogP contribution < -0.4 is 5.32 Å². The molecule has 0 radical (unpaired) electrons. The van der Waals surface area contributed by atoms with Crippen LogP contribution in [-0.2, 0) is 14.3 Å². The molecule has 0 saturated carbocycles. The Hall–Kier alpha value is -1.49. The standard InChI is InChI=1S/C14H19NO3S/c1-4-18-14(17)9-19-8-13(16)15-12-6-10(2)5-11(3)7-12/h5-7H,4,8-9H2,1-3H3,(H,15,16). The molecule has 0 spiro atoms. The second-order valence-electron chi connectivity index (χ2n) is 4.22. The summed E-state index contributed by atoms with van der Waals surface area (Å²) in [6, 6.07) is 5.88. The Bertz CT molecular complexity index is 440. The molecule has 0 aliphatic rings. The molecule has 104 valence electrons. The zero-order valence-electron chi connectivity index (χ0n) is 11.5. The highest BCUT2D eigenvalue weighted by Crippen LogP contribution is 2.14. The molecule has 0 heterocycles. The van der Waals surface area contributed by atoms with Gasteiger partial charge in [0.15, 0.2) is 0 Å². The third-order valence-corrected chi connectivity index (χ3v) is 3.17. The van der Waals surface area contributed by atoms with Crippen LogP contribution in [0, 0.1) is 13.8 Å². The van der Waals surface area contributed by atoms with Crippen molar-refractivity contribution < 1.29 is 14.3 Å². The van der Waals surface area contributed by atoms with E-state index in [0.29, 0.717) is 6.61 Å². The minimum absolute atomic E-state index is 0.112. The number of rotatable bonds is 6. The third-order valence-electron chi connectivity index (χ3n) is 2.26. The van der Waals surface area contributed by atoms with Gasteiger partial charge in [0.2, 0.25) is 5.91 Å². The lowest BCUT2D eigenvalue weighted by atomic mass is 10.1. The summed E-state index contributed by atoms with van der Waals surface area (Å²) in [6.07, 6.45) is 0. The van der Waals surface area contributed by atoms with E-state index in [0.717, 1.165) is 16.8 Å². The van der Waals surface area contributed by atoms with Crippen LogP contribution in [0.5, 0.6) is 0 Å². The Morgan fingerprint density at radius 1 is 1.16 bits per heavy atom. The fourth-order valence-electron chi connectivity index (χ4n) is 1.67. The van der Waals surface area contributed by atoms with Crippen molar-refractivity contribution >= 4 is 29.3 Å². The predicted molar refractivity (Wildman–Crippen MR) is 78.5 cm³/mol. The van der Waals surface area contributed by atoms with Crippen LogP contribution >= 0.6 is 11.8 Å². The van der Waals surface area contributed by atoms with Crippen molar-refractivity contribution in [3.05, 3.63) is 29.3 Å². The van der Waals surface area contributed by atoms with E-state index >= 15 is 0 Å². The molecular formula is C14H19NO3S. The maximum absolute atomic E-state index is 11.7. The summed E-state index contributed by atoms with van der Waals surface area (Å²) in [4.78, 5) is 22.8. The zero-order chi connectivity index (χ0) is 14.3. The Morgan fingerprint density at radius 3 is 2.37 bits per heavy atom. The SMILES string of the molecule is CCOC(=O)CSCC(=O)Nc1cc(C)cc(C)c1. The van der Waals surface area contributed by atoms with Crippen molar-refractivity contribution in [2.24, 2.45) is 0 Å². The lowest BCUT2D eigenvalue weighted by molar-refractivity contribution is -0.139. The minimum Gasteiger partial charge on any atom is -0.465 e. The number of anilines is 1. The highest BCUT2D eigenvalue weighted by Gasteiger charge is 2.06. The smallest absolute Gasteiger partial charge is 0.315 e. The Balaban J connectivity index is 2.37. The molecule has 0 bridgehead atoms. The van der Waals surface area contributed by atoms with Crippen LogP contribution in [0.15, 0.2) is 18.2 Å². The van der Waals surface area contributed by atoms with Gasteiger partial charge in [-0.25, -0.2) is 0 Å². The van der Waals surface area contributed by atoms with Crippen LogP contribution in [0.1, 0.15) is 18.1 Å². The van der Waals surface area contributed by atoms with Gasteiger partial charge >= 0.3 is 5.97 Å². The van der Waals surface area contributed by atoms with Gasteiger partial charge in [-0.15, -0.1) is 11.8 Å². The van der Waals surface area contributed by atoms with Gasteiger partial charge < -0.3 is 10.1 Å². The number of thioether (sulfide) groups is 1. The number of aryl methyl sites for hydroxylation is 2. The lowest BCUT2D eigenvalue weighted by Gasteiger charge is -2.07. The molecule has 0 fully saturated rings. The first-order valence-electron chi connectivity index (χ1n) is 6.12. The van der Waals surface area contributed by atoms with E-state index in [4.69, 9.17) is 4.74 Å². The van der Waals surface area contributed by atoms with Crippen molar-refractivity contribution in [3.8, 4) is 0 Å². The molecule has 4 nitrogen and oxygen atoms in total. The number of esters is 1. The van der Waals surface area contributed by atoms with Gasteiger partial charge in [-0.05, 0) is 44.0 Å². The van der Waals surface area contributed by atoms with Crippen LogP contribution in [0.4, 0.5) is 5.69 Å². The molecule has 0 aliphatic carbocycles. The fraction of sp³-hybridized carbons (Fsp3) is 0.429. The number of hydrogen-bond acceptors (Lipinski definition) is 4. The van der Waals surface area contributed by atoms with Crippen LogP contribution in [0.2, 0.25) is 0 Å². The fourth-order valence-corrected chi connectivity index (χ4v) is 2.28. The van der Waals surface area contributed by atoms with Crippen molar-refractivity contribution in [2.45, 2.75) is 20.8 Å². The number of nitrogens with one attached hydrogen (secondary N) is 1. The Labute approximate surface area is 117 Å². The van der Waals surface area contributed by atoms with E-state index in [2.05, 4.69) is 5.32 Å². The highest BCUT2D eigenvalue weighted by atomic mass is 32.2. The molecule has 0 unspecified atom stereocenters. The first kappa shape index (κ1) is 15.6. The second kappa shape index (κ2) is 7.84. The van der Waals surface area contributed by atoms with Gasteiger partial charge in [-0.2, -0.15) is 0 Å². The van der Waals surface area contributed by atoms with E-state index in [1.165, 1.54) is 11.8 Å². The molecule has 0 saturated heterocycles. The molecule has 1 rings (SSSR count). The predicted octanol–water partition coefficient (Wildman–Crippen LogP) is 2.54. The summed E-state index contributed by atoms with van der Waals surface area (Å²) >= 11 is 1.25. The van der Waals surface area contributed by atoms with Crippen LogP contribution in [0.3, 0.4) is 0 Å². The van der Waals surface area contributed by atoms with Crippen LogP contribution in [-0.4, -0.2) is 30.0 Å². The molecule has 1 N–H and O–H groups in total. The molecular weight excluding hydrogens is 262 g/mol. The van der Waals surface area contributed by atoms with Gasteiger partial charge in [0, 0.05) is 5.69 Å². The first-order valence-corrected chi connectivity index (χ1v) is 7.28. The van der Waals surface area contributed by atoms with Crippen molar-refractivity contribution in [1.29, 1.82) is 0 Å². The number of amides is 1. The van der Waals surface area contributed by atoms with E-state index < -0.39 is 0 Å². The molecule has 5 heteroatoms. The maximum Gasteiger partial charge on any atom is 0.315 e. The van der Waals surface area contributed by atoms with Gasteiger partial charge in [0.25, 0.3) is 0 Å². The van der Waals surface area contributed by atoms with Crippen LogP contribution in [0.25, 0.3) is 0 Å². The largest absolute Gasteiger partial charge is 0.465 e. The first-order chi connectivity index (χ1) is 9.01. The van der Waals surface area contributed by atoms with Gasteiger partial charge in [-0.1, -0.05) is 6.07 Å². The van der Waals surface area contributed by atoms with E-state index in [9.17, 15) is 9.59 Å². The number of carbonyl (C=O) groups is 2. The molecule has 1 aromatic rings. The summed E-state index contributed by atoms with van der Waals surface area (Å²) in [5, 5.41) is 2.82. The molecule has 0 aromatic heterocycles. The summed E-state index contributed by atoms with van der Waals surface area (Å²) in [5.74, 6) is 0.0471. The lowest BCUT2D eigenvalue weighted by Crippen LogP contribution is -2.16. The Morgan fingerprint density at radius 2 is 1.79 bits per heavy atom. The molecule has 1 aromatic carbocycles. The highest BCUT2D eigenvalue weighted by molar-refractivity contribution is 8.00. The molecule has 1 amide bonds. The van der Waals surface area contributed by atoms with Gasteiger partial charge in [0.05, 0.1) is 18.1 Å². The van der Waals surface area contributed by atoms with Gasteiger partial charge in [-0.3, -0.25) is 9.59 Å². The number of benzene rings is 1. The topological polar surface area (TPSA) is 55.4 Å². The third kappa shape index (κ3) is 6.29. The zero-order valence-corrected chi connectivity index (χ0v) is 12.3. The number of hydrogen-bond donors (Lipinski definition) is 1. The normalized spacial score (nSPS) is 10.1. The Kier molecular flexibility index (Phi) is 6.42. The summed E-state index contributed by atoms with van der Waals surface area (Å²) < 4.78 is 4.78. The monoisotopic (exact) mass is 281 g/mol.